The molecule has 10 heteroatoms. The number of hydrogen-bond acceptors (Lipinski definition) is 8. The lowest BCUT2D eigenvalue weighted by Gasteiger charge is -2.31. The average molecular weight is 467 g/mol. The van der Waals surface area contributed by atoms with Gasteiger partial charge in [-0.15, -0.1) is 10.2 Å². The summed E-state index contributed by atoms with van der Waals surface area (Å²) in [6, 6.07) is 12.4. The number of carbonyl (C=O) groups excluding carboxylic acids is 2. The second-order valence-corrected chi connectivity index (χ2v) is 8.77. The minimum absolute atomic E-state index is 0.0113. The SMILES string of the molecule is COc1ccc(C(=O)N2CCC(c3nnc(C(=O)Nc4ccc5c(c4)OCO5)s3)CC2)cc1. The summed E-state index contributed by atoms with van der Waals surface area (Å²) in [5.41, 5.74) is 1.25. The van der Waals surface area contributed by atoms with Crippen molar-refractivity contribution in [3.8, 4) is 17.2 Å². The molecule has 0 saturated carbocycles. The van der Waals surface area contributed by atoms with Crippen LogP contribution in [-0.4, -0.2) is 53.9 Å². The first kappa shape index (κ1) is 21.2. The number of nitrogens with one attached hydrogen (secondary N) is 1. The summed E-state index contributed by atoms with van der Waals surface area (Å²) in [5.74, 6) is 1.85. The van der Waals surface area contributed by atoms with E-state index in [2.05, 4.69) is 15.5 Å². The lowest BCUT2D eigenvalue weighted by molar-refractivity contribution is 0.0712. The Hall–Kier alpha value is -3.66. The quantitative estimate of drug-likeness (QED) is 0.613. The van der Waals surface area contributed by atoms with Gasteiger partial charge in [-0.05, 0) is 49.2 Å². The minimum atomic E-state index is -0.315. The van der Waals surface area contributed by atoms with E-state index in [-0.39, 0.29) is 24.5 Å². The number of nitrogens with zero attached hydrogens (tertiary/aromatic N) is 3. The van der Waals surface area contributed by atoms with Gasteiger partial charge in [0.15, 0.2) is 11.5 Å². The van der Waals surface area contributed by atoms with E-state index < -0.39 is 0 Å². The van der Waals surface area contributed by atoms with Crippen molar-refractivity contribution in [3.63, 3.8) is 0 Å². The highest BCUT2D eigenvalue weighted by atomic mass is 32.1. The van der Waals surface area contributed by atoms with E-state index in [0.29, 0.717) is 40.8 Å². The van der Waals surface area contributed by atoms with Gasteiger partial charge in [-0.25, -0.2) is 0 Å². The van der Waals surface area contributed by atoms with Crippen LogP contribution in [0.25, 0.3) is 0 Å². The summed E-state index contributed by atoms with van der Waals surface area (Å²) in [5, 5.41) is 12.3. The van der Waals surface area contributed by atoms with Gasteiger partial charge < -0.3 is 24.4 Å². The summed E-state index contributed by atoms with van der Waals surface area (Å²) in [4.78, 5) is 27.2. The Kier molecular flexibility index (Phi) is 5.82. The summed E-state index contributed by atoms with van der Waals surface area (Å²) >= 11 is 1.29. The molecular formula is C23H22N4O5S. The molecule has 2 aliphatic rings. The first-order valence-corrected chi connectivity index (χ1v) is 11.4. The average Bonchev–Trinajstić information content (AvgIpc) is 3.53. The second kappa shape index (κ2) is 9.07. The number of amides is 2. The molecule has 3 heterocycles. The van der Waals surface area contributed by atoms with Crippen LogP contribution in [-0.2, 0) is 0 Å². The second-order valence-electron chi connectivity index (χ2n) is 7.76. The smallest absolute Gasteiger partial charge is 0.286 e. The highest BCUT2D eigenvalue weighted by molar-refractivity contribution is 7.13. The lowest BCUT2D eigenvalue weighted by atomic mass is 9.97. The molecule has 3 aromatic rings. The van der Waals surface area contributed by atoms with E-state index in [1.807, 2.05) is 4.90 Å². The van der Waals surface area contributed by atoms with E-state index in [1.165, 1.54) is 11.3 Å². The molecular weight excluding hydrogens is 444 g/mol. The maximum Gasteiger partial charge on any atom is 0.286 e. The van der Waals surface area contributed by atoms with Crippen molar-refractivity contribution in [3.05, 3.63) is 58.0 Å². The van der Waals surface area contributed by atoms with Crippen LogP contribution in [0.15, 0.2) is 42.5 Å². The Labute approximate surface area is 194 Å². The van der Waals surface area contributed by atoms with Crippen LogP contribution in [0.3, 0.4) is 0 Å². The van der Waals surface area contributed by atoms with E-state index in [1.54, 1.807) is 49.6 Å². The molecule has 2 amide bonds. The van der Waals surface area contributed by atoms with Crippen molar-refractivity contribution in [2.75, 3.05) is 32.3 Å². The molecule has 0 unspecified atom stereocenters. The van der Waals surface area contributed by atoms with Crippen molar-refractivity contribution >= 4 is 28.8 Å². The number of piperidine rings is 1. The van der Waals surface area contributed by atoms with Crippen molar-refractivity contribution in [1.82, 2.24) is 15.1 Å². The van der Waals surface area contributed by atoms with E-state index >= 15 is 0 Å². The molecule has 170 valence electrons. The monoisotopic (exact) mass is 466 g/mol. The third kappa shape index (κ3) is 4.47. The van der Waals surface area contributed by atoms with Crippen molar-refractivity contribution < 1.29 is 23.8 Å². The molecule has 0 bridgehead atoms. The van der Waals surface area contributed by atoms with Crippen LogP contribution in [0.4, 0.5) is 5.69 Å². The molecule has 1 fully saturated rings. The molecule has 9 nitrogen and oxygen atoms in total. The molecule has 1 N–H and O–H groups in total. The van der Waals surface area contributed by atoms with Gasteiger partial charge in [-0.2, -0.15) is 0 Å². The predicted molar refractivity (Wildman–Crippen MR) is 121 cm³/mol. The third-order valence-corrected chi connectivity index (χ3v) is 6.82. The zero-order chi connectivity index (χ0) is 22.8. The Balaban J connectivity index is 1.17. The fourth-order valence-electron chi connectivity index (χ4n) is 3.90. The van der Waals surface area contributed by atoms with Crippen LogP contribution in [0.1, 0.15) is 43.9 Å². The number of benzene rings is 2. The Morgan fingerprint density at radius 2 is 1.82 bits per heavy atom. The highest BCUT2D eigenvalue weighted by Crippen LogP contribution is 2.35. The number of ether oxygens (including phenoxy) is 3. The number of methoxy groups -OCH3 is 1. The number of likely N-dealkylation sites (tertiary alicyclic amines) is 1. The molecule has 1 saturated heterocycles. The zero-order valence-corrected chi connectivity index (χ0v) is 18.8. The first-order valence-electron chi connectivity index (χ1n) is 10.6. The maximum absolute atomic E-state index is 12.8. The van der Waals surface area contributed by atoms with Crippen LogP contribution in [0.2, 0.25) is 0 Å². The zero-order valence-electron chi connectivity index (χ0n) is 17.9. The summed E-state index contributed by atoms with van der Waals surface area (Å²) in [6.07, 6.45) is 1.56. The number of aromatic nitrogens is 2. The van der Waals surface area contributed by atoms with Gasteiger partial charge in [0.25, 0.3) is 11.8 Å². The molecule has 0 spiro atoms. The summed E-state index contributed by atoms with van der Waals surface area (Å²) in [6.45, 7) is 1.44. The third-order valence-electron chi connectivity index (χ3n) is 5.73. The number of rotatable bonds is 5. The fraction of sp³-hybridized carbons (Fsp3) is 0.304. The predicted octanol–water partition coefficient (Wildman–Crippen LogP) is 3.55. The molecule has 33 heavy (non-hydrogen) atoms. The molecule has 5 rings (SSSR count). The molecule has 0 radical (unpaired) electrons. The largest absolute Gasteiger partial charge is 0.497 e. The lowest BCUT2D eigenvalue weighted by Crippen LogP contribution is -2.37. The number of anilines is 1. The Morgan fingerprint density at radius 1 is 1.06 bits per heavy atom. The van der Waals surface area contributed by atoms with Gasteiger partial charge in [0.05, 0.1) is 7.11 Å². The number of hydrogen-bond donors (Lipinski definition) is 1. The van der Waals surface area contributed by atoms with Crippen LogP contribution < -0.4 is 19.5 Å². The molecule has 1 aromatic heterocycles. The molecule has 0 atom stereocenters. The topological polar surface area (TPSA) is 103 Å². The van der Waals surface area contributed by atoms with Crippen molar-refractivity contribution in [2.45, 2.75) is 18.8 Å². The summed E-state index contributed by atoms with van der Waals surface area (Å²) in [7, 11) is 1.60. The number of carbonyl (C=O) groups is 2. The molecule has 2 aromatic carbocycles. The van der Waals surface area contributed by atoms with Gasteiger partial charge in [0, 0.05) is 36.3 Å². The van der Waals surface area contributed by atoms with Crippen LogP contribution >= 0.6 is 11.3 Å². The van der Waals surface area contributed by atoms with Gasteiger partial charge >= 0.3 is 0 Å². The molecule has 0 aliphatic carbocycles. The van der Waals surface area contributed by atoms with Crippen LogP contribution in [0.5, 0.6) is 17.2 Å². The number of fused-ring (bicyclic) bond motifs is 1. The van der Waals surface area contributed by atoms with Gasteiger partial charge in [-0.3, -0.25) is 9.59 Å². The van der Waals surface area contributed by atoms with Gasteiger partial charge in [-0.1, -0.05) is 11.3 Å². The Bertz CT molecular complexity index is 1170. The highest BCUT2D eigenvalue weighted by Gasteiger charge is 2.28. The van der Waals surface area contributed by atoms with Gasteiger partial charge in [0.1, 0.15) is 10.8 Å². The van der Waals surface area contributed by atoms with Gasteiger partial charge in [0.2, 0.25) is 11.8 Å². The fourth-order valence-corrected chi connectivity index (χ4v) is 4.80. The van der Waals surface area contributed by atoms with Crippen molar-refractivity contribution in [2.24, 2.45) is 0 Å². The maximum atomic E-state index is 12.8. The first-order chi connectivity index (χ1) is 16.1. The minimum Gasteiger partial charge on any atom is -0.497 e. The van der Waals surface area contributed by atoms with Crippen molar-refractivity contribution in [1.29, 1.82) is 0 Å². The van der Waals surface area contributed by atoms with E-state index in [9.17, 15) is 9.59 Å². The summed E-state index contributed by atoms with van der Waals surface area (Å²) < 4.78 is 15.8. The normalized spacial score (nSPS) is 15.4. The van der Waals surface area contributed by atoms with Crippen LogP contribution in [0, 0.1) is 0 Å². The molecule has 2 aliphatic heterocycles. The Morgan fingerprint density at radius 3 is 2.58 bits per heavy atom. The van der Waals surface area contributed by atoms with E-state index in [0.717, 1.165) is 23.6 Å². The standard InChI is InChI=1S/C23H22N4O5S/c1-30-17-5-2-15(3-6-17)23(29)27-10-8-14(9-11-27)21-25-26-22(33-21)20(28)24-16-4-7-18-19(12-16)32-13-31-18/h2-7,12,14H,8-11,13H2,1H3,(H,24,28). The van der Waals surface area contributed by atoms with E-state index in [4.69, 9.17) is 14.2 Å².